The zero-order valence-electron chi connectivity index (χ0n) is 12.0. The molecule has 1 aromatic carbocycles. The lowest BCUT2D eigenvalue weighted by molar-refractivity contribution is 0.342. The minimum Gasteiger partial charge on any atom is -0.492 e. The smallest absolute Gasteiger partial charge is 0.170 e. The van der Waals surface area contributed by atoms with E-state index in [1.165, 1.54) is 5.56 Å². The van der Waals surface area contributed by atoms with Gasteiger partial charge in [-0.1, -0.05) is 18.2 Å². The molecule has 2 N–H and O–H groups in total. The van der Waals surface area contributed by atoms with E-state index in [9.17, 15) is 0 Å². The van der Waals surface area contributed by atoms with Gasteiger partial charge in [0.05, 0.1) is 12.3 Å². The van der Waals surface area contributed by atoms with Crippen LogP contribution in [0.4, 0.5) is 5.69 Å². The van der Waals surface area contributed by atoms with E-state index in [4.69, 9.17) is 17.0 Å². The van der Waals surface area contributed by atoms with Gasteiger partial charge in [0.15, 0.2) is 5.11 Å². The standard InChI is InChI=1S/C16H19N3OS/c1-2-20-15-8-4-3-7-14(15)19-16(21)18-11-9-13-6-5-10-17-12-13/h3-8,10,12H,2,9,11H2,1H3,(H2,18,19,21). The number of rotatable bonds is 6. The summed E-state index contributed by atoms with van der Waals surface area (Å²) in [4.78, 5) is 4.09. The molecule has 0 saturated heterocycles. The summed E-state index contributed by atoms with van der Waals surface area (Å²) in [6.45, 7) is 3.34. The zero-order valence-corrected chi connectivity index (χ0v) is 12.8. The van der Waals surface area contributed by atoms with E-state index in [2.05, 4.69) is 21.7 Å². The number of hydrogen-bond donors (Lipinski definition) is 2. The van der Waals surface area contributed by atoms with E-state index >= 15 is 0 Å². The van der Waals surface area contributed by atoms with Crippen LogP contribution in [0.25, 0.3) is 0 Å². The van der Waals surface area contributed by atoms with Crippen molar-refractivity contribution in [2.75, 3.05) is 18.5 Å². The van der Waals surface area contributed by atoms with Crippen LogP contribution in [0.1, 0.15) is 12.5 Å². The van der Waals surface area contributed by atoms with Gasteiger partial charge in [0, 0.05) is 18.9 Å². The molecule has 0 aliphatic rings. The summed E-state index contributed by atoms with van der Waals surface area (Å²) in [5.41, 5.74) is 2.06. The summed E-state index contributed by atoms with van der Waals surface area (Å²) in [5, 5.41) is 6.94. The maximum Gasteiger partial charge on any atom is 0.170 e. The summed E-state index contributed by atoms with van der Waals surface area (Å²) < 4.78 is 5.55. The normalized spacial score (nSPS) is 9.95. The van der Waals surface area contributed by atoms with Crippen molar-refractivity contribution >= 4 is 23.0 Å². The molecule has 2 rings (SSSR count). The molecule has 0 aliphatic heterocycles. The van der Waals surface area contributed by atoms with Crippen molar-refractivity contribution in [2.24, 2.45) is 0 Å². The summed E-state index contributed by atoms with van der Waals surface area (Å²) in [6, 6.07) is 11.7. The highest BCUT2D eigenvalue weighted by atomic mass is 32.1. The van der Waals surface area contributed by atoms with Crippen LogP contribution >= 0.6 is 12.2 Å². The lowest BCUT2D eigenvalue weighted by Gasteiger charge is -2.14. The van der Waals surface area contributed by atoms with Gasteiger partial charge in [0.25, 0.3) is 0 Å². The van der Waals surface area contributed by atoms with Gasteiger partial charge in [-0.2, -0.15) is 0 Å². The minimum atomic E-state index is 0.589. The minimum absolute atomic E-state index is 0.589. The Morgan fingerprint density at radius 1 is 1.24 bits per heavy atom. The topological polar surface area (TPSA) is 46.2 Å². The molecular formula is C16H19N3OS. The van der Waals surface area contributed by atoms with Crippen molar-refractivity contribution in [3.05, 3.63) is 54.4 Å². The van der Waals surface area contributed by atoms with Gasteiger partial charge in [0.2, 0.25) is 0 Å². The van der Waals surface area contributed by atoms with Crippen molar-refractivity contribution in [2.45, 2.75) is 13.3 Å². The Bertz CT molecular complexity index is 575. The number of pyridine rings is 1. The first-order valence-corrected chi connectivity index (χ1v) is 7.36. The Morgan fingerprint density at radius 2 is 2.10 bits per heavy atom. The van der Waals surface area contributed by atoms with Crippen molar-refractivity contribution in [1.82, 2.24) is 10.3 Å². The zero-order chi connectivity index (χ0) is 14.9. The first kappa shape index (κ1) is 15.3. The maximum absolute atomic E-state index is 5.55. The summed E-state index contributed by atoms with van der Waals surface area (Å²) in [5.74, 6) is 0.802. The molecule has 1 heterocycles. The largest absolute Gasteiger partial charge is 0.492 e. The quantitative estimate of drug-likeness (QED) is 0.803. The van der Waals surface area contributed by atoms with Gasteiger partial charge in [-0.3, -0.25) is 4.98 Å². The number of thiocarbonyl (C=S) groups is 1. The number of aromatic nitrogens is 1. The van der Waals surface area contributed by atoms with Crippen molar-refractivity contribution in [3.8, 4) is 5.75 Å². The second kappa shape index (κ2) is 8.21. The van der Waals surface area contributed by atoms with Crippen LogP contribution < -0.4 is 15.4 Å². The molecule has 21 heavy (non-hydrogen) atoms. The third kappa shape index (κ3) is 5.04. The fourth-order valence-corrected chi connectivity index (χ4v) is 2.10. The Morgan fingerprint density at radius 3 is 2.86 bits per heavy atom. The maximum atomic E-state index is 5.55. The van der Waals surface area contributed by atoms with Crippen LogP contribution in [0.15, 0.2) is 48.8 Å². The van der Waals surface area contributed by atoms with E-state index in [1.54, 1.807) is 6.20 Å². The second-order valence-electron chi connectivity index (χ2n) is 4.42. The highest BCUT2D eigenvalue weighted by Crippen LogP contribution is 2.23. The third-order valence-electron chi connectivity index (χ3n) is 2.86. The molecule has 0 spiro atoms. The average Bonchev–Trinajstić information content (AvgIpc) is 2.50. The van der Waals surface area contributed by atoms with Crippen LogP contribution in [-0.2, 0) is 6.42 Å². The molecule has 110 valence electrons. The van der Waals surface area contributed by atoms with E-state index < -0.39 is 0 Å². The van der Waals surface area contributed by atoms with Crippen LogP contribution in [0, 0.1) is 0 Å². The number of nitrogens with zero attached hydrogens (tertiary/aromatic N) is 1. The molecule has 0 atom stereocenters. The van der Waals surface area contributed by atoms with Crippen molar-refractivity contribution in [1.29, 1.82) is 0 Å². The number of ether oxygens (including phenoxy) is 1. The van der Waals surface area contributed by atoms with Crippen LogP contribution in [-0.4, -0.2) is 23.2 Å². The van der Waals surface area contributed by atoms with E-state index in [-0.39, 0.29) is 0 Å². The Kier molecular flexibility index (Phi) is 5.97. The van der Waals surface area contributed by atoms with Gasteiger partial charge < -0.3 is 15.4 Å². The summed E-state index contributed by atoms with van der Waals surface area (Å²) in [6.07, 6.45) is 4.51. The molecule has 0 radical (unpaired) electrons. The SMILES string of the molecule is CCOc1ccccc1NC(=S)NCCc1cccnc1. The number of anilines is 1. The monoisotopic (exact) mass is 301 g/mol. The first-order chi connectivity index (χ1) is 10.3. The molecule has 5 heteroatoms. The first-order valence-electron chi connectivity index (χ1n) is 6.95. The molecule has 4 nitrogen and oxygen atoms in total. The number of hydrogen-bond acceptors (Lipinski definition) is 3. The van der Waals surface area contributed by atoms with Crippen LogP contribution in [0.2, 0.25) is 0 Å². The molecular weight excluding hydrogens is 282 g/mol. The molecule has 0 fully saturated rings. The molecule has 0 unspecified atom stereocenters. The van der Waals surface area contributed by atoms with Gasteiger partial charge in [0.1, 0.15) is 5.75 Å². The van der Waals surface area contributed by atoms with Gasteiger partial charge in [-0.25, -0.2) is 0 Å². The Balaban J connectivity index is 1.82. The molecule has 0 amide bonds. The lowest BCUT2D eigenvalue weighted by atomic mass is 10.2. The van der Waals surface area contributed by atoms with Crippen molar-refractivity contribution in [3.63, 3.8) is 0 Å². The summed E-state index contributed by atoms with van der Waals surface area (Å²) in [7, 11) is 0. The fraction of sp³-hybridized carbons (Fsp3) is 0.250. The average molecular weight is 301 g/mol. The number of para-hydroxylation sites is 2. The third-order valence-corrected chi connectivity index (χ3v) is 3.10. The highest BCUT2D eigenvalue weighted by molar-refractivity contribution is 7.80. The molecule has 2 aromatic rings. The molecule has 0 saturated carbocycles. The molecule has 0 aliphatic carbocycles. The predicted octanol–water partition coefficient (Wildman–Crippen LogP) is 3.01. The van der Waals surface area contributed by atoms with Crippen molar-refractivity contribution < 1.29 is 4.74 Å². The predicted molar refractivity (Wildman–Crippen MR) is 89.8 cm³/mol. The molecule has 0 bridgehead atoms. The van der Waals surface area contributed by atoms with E-state index in [0.29, 0.717) is 11.7 Å². The highest BCUT2D eigenvalue weighted by Gasteiger charge is 2.04. The second-order valence-corrected chi connectivity index (χ2v) is 4.83. The number of benzene rings is 1. The van der Waals surface area contributed by atoms with Crippen LogP contribution in [0.3, 0.4) is 0 Å². The van der Waals surface area contributed by atoms with Gasteiger partial charge in [-0.05, 0) is 49.3 Å². The lowest BCUT2D eigenvalue weighted by Crippen LogP contribution is -2.30. The van der Waals surface area contributed by atoms with Gasteiger partial charge >= 0.3 is 0 Å². The van der Waals surface area contributed by atoms with E-state index in [1.807, 2.05) is 43.5 Å². The fourth-order valence-electron chi connectivity index (χ4n) is 1.88. The van der Waals surface area contributed by atoms with Gasteiger partial charge in [-0.15, -0.1) is 0 Å². The van der Waals surface area contributed by atoms with E-state index in [0.717, 1.165) is 24.4 Å². The summed E-state index contributed by atoms with van der Waals surface area (Å²) >= 11 is 5.30. The Hall–Kier alpha value is -2.14. The number of nitrogens with one attached hydrogen (secondary N) is 2. The Labute approximate surface area is 130 Å². The van der Waals surface area contributed by atoms with Crippen LogP contribution in [0.5, 0.6) is 5.75 Å². The molecule has 1 aromatic heterocycles.